The summed E-state index contributed by atoms with van der Waals surface area (Å²) in [5.41, 5.74) is 9.83. The molecule has 0 aromatic carbocycles. The van der Waals surface area contributed by atoms with Gasteiger partial charge in [-0.25, -0.2) is 0 Å². The molecule has 0 aromatic rings. The van der Waals surface area contributed by atoms with Crippen molar-refractivity contribution in [3.8, 4) is 0 Å². The van der Waals surface area contributed by atoms with Crippen LogP contribution in [0.4, 0.5) is 0 Å². The Balaban J connectivity index is 1.36. The molecule has 0 saturated heterocycles. The van der Waals surface area contributed by atoms with Crippen LogP contribution in [0.25, 0.3) is 0 Å². The van der Waals surface area contributed by atoms with E-state index in [1.54, 1.807) is 12.8 Å². The van der Waals surface area contributed by atoms with Gasteiger partial charge in [-0.15, -0.1) is 0 Å². The third kappa shape index (κ3) is 0.158. The molecule has 0 bridgehead atoms. The van der Waals surface area contributed by atoms with Gasteiger partial charge in [-0.2, -0.15) is 0 Å². The van der Waals surface area contributed by atoms with Crippen LogP contribution in [-0.4, -0.2) is 7.85 Å². The summed E-state index contributed by atoms with van der Waals surface area (Å²) in [7, 11) is 7.57. The lowest BCUT2D eigenvalue weighted by atomic mass is 8.62. The van der Waals surface area contributed by atoms with Crippen LogP contribution < -0.4 is 0 Å². The summed E-state index contributed by atoms with van der Waals surface area (Å²) < 4.78 is 0. The van der Waals surface area contributed by atoms with Gasteiger partial charge in [0.05, 0.1) is 7.85 Å². The van der Waals surface area contributed by atoms with Gasteiger partial charge in [-0.1, -0.05) is 0 Å². The van der Waals surface area contributed by atoms with Crippen molar-refractivity contribution in [1.82, 2.24) is 0 Å². The Kier molecular flexibility index (Phi) is 0.365. The van der Waals surface area contributed by atoms with Crippen molar-refractivity contribution in [3.63, 3.8) is 0 Å². The van der Waals surface area contributed by atoms with Crippen LogP contribution in [0.15, 0.2) is 0 Å². The Labute approximate surface area is 133 Å². The fourth-order valence-corrected chi connectivity index (χ4v) is 23.4. The first kappa shape index (κ1) is 7.75. The van der Waals surface area contributed by atoms with Gasteiger partial charge in [0, 0.05) is 0 Å². The van der Waals surface area contributed by atoms with E-state index < -0.39 is 0 Å². The lowest BCUT2D eigenvalue weighted by molar-refractivity contribution is -0.928. The monoisotopic (exact) mass is 288 g/mol. The van der Waals surface area contributed by atoms with Crippen LogP contribution >= 0.6 is 0 Å². The van der Waals surface area contributed by atoms with Crippen molar-refractivity contribution in [1.29, 1.82) is 0 Å². The minimum absolute atomic E-state index is 0.488. The summed E-state index contributed by atoms with van der Waals surface area (Å²) in [6, 6.07) is 0. The van der Waals surface area contributed by atoms with Gasteiger partial charge in [-0.05, 0) is 126 Å². The molecule has 10 spiro atoms. The highest BCUT2D eigenvalue weighted by atomic mass is 15.6. The molecule has 23 heavy (non-hydrogen) atoms. The summed E-state index contributed by atoms with van der Waals surface area (Å²) in [4.78, 5) is 0. The molecule has 104 valence electrons. The number of hydrogen-bond acceptors (Lipinski definition) is 0. The van der Waals surface area contributed by atoms with E-state index >= 15 is 0 Å². The van der Waals surface area contributed by atoms with E-state index in [1.807, 2.05) is 0 Å². The molecule has 1 heteroatoms. The van der Waals surface area contributed by atoms with E-state index in [2.05, 4.69) is 0 Å². The second-order valence-electron chi connectivity index (χ2n) is 14.4. The van der Waals surface area contributed by atoms with Gasteiger partial charge in [0.15, 0.2) is 0 Å². The maximum atomic E-state index is 7.57. The summed E-state index contributed by atoms with van der Waals surface area (Å²) >= 11 is 0. The van der Waals surface area contributed by atoms with Crippen LogP contribution in [-0.2, 0) is 0 Å². The van der Waals surface area contributed by atoms with E-state index in [0.717, 1.165) is 60.1 Å². The van der Waals surface area contributed by atoms with Gasteiger partial charge < -0.3 is 0 Å². The van der Waals surface area contributed by atoms with Crippen LogP contribution in [0.2, 0.25) is 5.31 Å². The van der Waals surface area contributed by atoms with Gasteiger partial charge in [0.1, 0.15) is 0 Å². The first-order chi connectivity index (χ1) is 11.3. The molecule has 0 nitrogen and oxygen atoms in total. The molecule has 0 aromatic heterocycles. The Morgan fingerprint density at radius 3 is 2.22 bits per heavy atom. The molecule has 0 N–H and O–H groups in total. The topological polar surface area (TPSA) is 0 Å². The van der Waals surface area contributed by atoms with Gasteiger partial charge in [0.25, 0.3) is 0 Å². The molecule has 16 rings (SSSR count). The summed E-state index contributed by atoms with van der Waals surface area (Å²) in [5.74, 6) is 11.4. The molecule has 20 unspecified atom stereocenters. The lowest BCUT2D eigenvalue weighted by Crippen LogP contribution is -3.37. The van der Waals surface area contributed by atoms with Crippen molar-refractivity contribution < 1.29 is 0 Å². The van der Waals surface area contributed by atoms with E-state index in [1.165, 1.54) is 47.3 Å². The molecule has 2 radical (unpaired) electrons. The Bertz CT molecular complexity index is 1250. The highest BCUT2D eigenvalue weighted by molar-refractivity contribution is 6.29. The second-order valence-corrected chi connectivity index (χ2v) is 14.4. The summed E-state index contributed by atoms with van der Waals surface area (Å²) in [6.07, 6.45) is 3.45. The molecule has 16 fully saturated rings. The van der Waals surface area contributed by atoms with Crippen molar-refractivity contribution in [2.45, 2.75) is 18.2 Å². The lowest BCUT2D eigenvalue weighted by Gasteiger charge is -3.40. The first-order valence-corrected chi connectivity index (χ1v) is 11.1. The highest BCUT2D eigenvalue weighted by Gasteiger charge is 3.58. The minimum atomic E-state index is 0.488. The first-order valence-electron chi connectivity index (χ1n) is 11.1. The van der Waals surface area contributed by atoms with Crippen molar-refractivity contribution in [2.24, 2.45) is 107 Å². The van der Waals surface area contributed by atoms with Crippen LogP contribution in [0.1, 0.15) is 12.8 Å². The molecule has 20 atom stereocenters. The van der Waals surface area contributed by atoms with E-state index in [-0.39, 0.29) is 0 Å². The molecule has 0 amide bonds. The molecular weight excluding hydrogens is 275 g/mol. The average Bonchev–Trinajstić information content (AvgIpc) is 3.19. The van der Waals surface area contributed by atoms with E-state index in [0.29, 0.717) is 5.31 Å². The molecule has 0 heterocycles. The second kappa shape index (κ2) is 1.08. The molecule has 0 aliphatic heterocycles. The zero-order chi connectivity index (χ0) is 13.1. The molecule has 16 aliphatic carbocycles. The molecule has 16 saturated carbocycles. The summed E-state index contributed by atoms with van der Waals surface area (Å²) in [5, 5.41) is 0.488. The quantitative estimate of drug-likeness (QED) is 0.595. The predicted molar refractivity (Wildman–Crippen MR) is 73.4 cm³/mol. The van der Waals surface area contributed by atoms with Crippen LogP contribution in [0.5, 0.6) is 0 Å². The Hall–Kier alpha value is 0.0649. The Morgan fingerprint density at radius 1 is 0.609 bits per heavy atom. The normalized spacial score (nSPS) is 136. The fourth-order valence-electron chi connectivity index (χ4n) is 23.4. The predicted octanol–water partition coefficient (Wildman–Crippen LogP) is 1.72. The van der Waals surface area contributed by atoms with Gasteiger partial charge in [-0.3, -0.25) is 0 Å². The zero-order valence-corrected chi connectivity index (χ0v) is 12.7. The SMILES string of the molecule is [B]C12C3C45C6C7CC8C9C%10C%11CC%12C%13C14C%131C%12%11C%104C9%10C78C65C3%10C214. The fraction of sp³-hybridized carbons (Fsp3) is 1.00. The standard InChI is InChI=1S/C22H13B/c23-21-11-14-9-5-1-3-7-8-4-2-6-10-18(14,21)19(10)13(4,6)16(8)15(7)12(3,5)17(9,14)20(11,15)22(16,19)21/h3-11H,1-2H2. The molecular formula is C22H13B. The van der Waals surface area contributed by atoms with Crippen LogP contribution in [0, 0.1) is 107 Å². The number of fused-ring (bicyclic) bond motifs is 5. The van der Waals surface area contributed by atoms with Crippen molar-refractivity contribution in [3.05, 3.63) is 0 Å². The maximum absolute atomic E-state index is 7.57. The maximum Gasteiger partial charge on any atom is 0.0767 e. The van der Waals surface area contributed by atoms with Gasteiger partial charge >= 0.3 is 0 Å². The third-order valence-corrected chi connectivity index (χ3v) is 18.9. The highest BCUT2D eigenvalue weighted by Crippen LogP contribution is 3.61. The average molecular weight is 288 g/mol. The van der Waals surface area contributed by atoms with Crippen LogP contribution in [0.3, 0.4) is 0 Å². The largest absolute Gasteiger partial charge is 0.0767 e. The summed E-state index contributed by atoms with van der Waals surface area (Å²) in [6.45, 7) is 0. The Morgan fingerprint density at radius 2 is 1.35 bits per heavy atom. The van der Waals surface area contributed by atoms with E-state index in [9.17, 15) is 0 Å². The van der Waals surface area contributed by atoms with Crippen molar-refractivity contribution in [2.75, 3.05) is 0 Å². The third-order valence-electron chi connectivity index (χ3n) is 18.9. The minimum Gasteiger partial charge on any atom is -0.0479 e. The number of rotatable bonds is 0. The van der Waals surface area contributed by atoms with Gasteiger partial charge in [0.2, 0.25) is 0 Å². The smallest absolute Gasteiger partial charge is 0.0479 e. The number of hydrogen-bond donors (Lipinski definition) is 0. The molecule has 16 aliphatic rings. The zero-order valence-electron chi connectivity index (χ0n) is 12.7. The van der Waals surface area contributed by atoms with Crippen molar-refractivity contribution >= 4 is 7.85 Å². The van der Waals surface area contributed by atoms with E-state index in [4.69, 9.17) is 7.85 Å².